The first-order valence-electron chi connectivity index (χ1n) is 5.66. The topological polar surface area (TPSA) is 92.5 Å². The van der Waals surface area contributed by atoms with Crippen LogP contribution >= 0.6 is 0 Å². The van der Waals surface area contributed by atoms with Gasteiger partial charge in [0.2, 0.25) is 0 Å². The maximum Gasteiger partial charge on any atom is 0.272 e. The molecule has 0 spiro atoms. The zero-order chi connectivity index (χ0) is 13.7. The van der Waals surface area contributed by atoms with Gasteiger partial charge in [0, 0.05) is 17.2 Å². The Morgan fingerprint density at radius 1 is 1.56 bits per heavy atom. The molecule has 0 aliphatic rings. The smallest absolute Gasteiger partial charge is 0.272 e. The lowest BCUT2D eigenvalue weighted by Crippen LogP contribution is -2.36. The fourth-order valence-electron chi connectivity index (χ4n) is 1.55. The van der Waals surface area contributed by atoms with Gasteiger partial charge in [-0.05, 0) is 25.5 Å². The molecule has 0 saturated carbocycles. The van der Waals surface area contributed by atoms with Crippen molar-refractivity contribution in [3.8, 4) is 0 Å². The molecule has 1 atom stereocenters. The number of benzene rings is 1. The highest BCUT2D eigenvalue weighted by Gasteiger charge is 2.15. The zero-order valence-corrected chi connectivity index (χ0v) is 10.3. The molecule has 1 aromatic rings. The predicted molar refractivity (Wildman–Crippen MR) is 66.5 cm³/mol. The average Bonchev–Trinajstić information content (AvgIpc) is 2.34. The molecule has 98 valence electrons. The van der Waals surface area contributed by atoms with E-state index in [-0.39, 0.29) is 24.2 Å². The van der Waals surface area contributed by atoms with Gasteiger partial charge < -0.3 is 10.4 Å². The number of aliphatic hydroxyl groups excluding tert-OH is 1. The second-order valence-corrected chi connectivity index (χ2v) is 4.02. The Kier molecular flexibility index (Phi) is 4.79. The van der Waals surface area contributed by atoms with Crippen molar-refractivity contribution < 1.29 is 14.8 Å². The maximum absolute atomic E-state index is 11.8. The molecule has 0 bridgehead atoms. The number of carbonyl (C=O) groups excluding carboxylic acids is 1. The molecule has 6 heteroatoms. The number of aryl methyl sites for hydroxylation is 1. The molecule has 0 unspecified atom stereocenters. The quantitative estimate of drug-likeness (QED) is 0.612. The second kappa shape index (κ2) is 6.11. The van der Waals surface area contributed by atoms with E-state index in [0.717, 1.165) is 0 Å². The average molecular weight is 252 g/mol. The summed E-state index contributed by atoms with van der Waals surface area (Å²) in [6.07, 6.45) is 0.619. The second-order valence-electron chi connectivity index (χ2n) is 4.02. The van der Waals surface area contributed by atoms with Crippen molar-refractivity contribution in [2.45, 2.75) is 26.3 Å². The summed E-state index contributed by atoms with van der Waals surface area (Å²) in [7, 11) is 0. The highest BCUT2D eigenvalue weighted by atomic mass is 16.6. The first kappa shape index (κ1) is 14.1. The first-order chi connectivity index (χ1) is 8.49. The predicted octanol–water partition coefficient (Wildman–Crippen LogP) is 1.40. The van der Waals surface area contributed by atoms with Crippen molar-refractivity contribution in [2.24, 2.45) is 0 Å². The van der Waals surface area contributed by atoms with Crippen LogP contribution in [-0.2, 0) is 0 Å². The third-order valence-corrected chi connectivity index (χ3v) is 2.70. The first-order valence-corrected chi connectivity index (χ1v) is 5.66. The van der Waals surface area contributed by atoms with Crippen LogP contribution < -0.4 is 5.32 Å². The Morgan fingerprint density at radius 3 is 2.67 bits per heavy atom. The van der Waals surface area contributed by atoms with Crippen molar-refractivity contribution in [1.82, 2.24) is 5.32 Å². The molecule has 0 aliphatic heterocycles. The van der Waals surface area contributed by atoms with Crippen LogP contribution in [0.25, 0.3) is 0 Å². The highest BCUT2D eigenvalue weighted by molar-refractivity contribution is 5.94. The molecular formula is C12H16N2O4. The Bertz CT molecular complexity index is 455. The number of nitrogens with one attached hydrogen (secondary N) is 1. The molecular weight excluding hydrogens is 236 g/mol. The van der Waals surface area contributed by atoms with E-state index in [1.165, 1.54) is 18.2 Å². The minimum Gasteiger partial charge on any atom is -0.394 e. The molecule has 18 heavy (non-hydrogen) atoms. The molecule has 0 heterocycles. The van der Waals surface area contributed by atoms with Crippen LogP contribution in [0.1, 0.15) is 29.3 Å². The van der Waals surface area contributed by atoms with Gasteiger partial charge >= 0.3 is 0 Å². The van der Waals surface area contributed by atoms with Crippen molar-refractivity contribution in [3.63, 3.8) is 0 Å². The number of nitrogens with zero attached hydrogens (tertiary/aromatic N) is 1. The van der Waals surface area contributed by atoms with E-state index in [1.54, 1.807) is 6.92 Å². The van der Waals surface area contributed by atoms with Gasteiger partial charge in [-0.25, -0.2) is 0 Å². The van der Waals surface area contributed by atoms with Crippen molar-refractivity contribution in [2.75, 3.05) is 6.61 Å². The Balaban J connectivity index is 2.88. The highest BCUT2D eigenvalue weighted by Crippen LogP contribution is 2.18. The molecule has 0 aromatic heterocycles. The molecule has 0 saturated heterocycles. The summed E-state index contributed by atoms with van der Waals surface area (Å²) >= 11 is 0. The van der Waals surface area contributed by atoms with Crippen molar-refractivity contribution in [1.29, 1.82) is 0 Å². The normalized spacial score (nSPS) is 11.9. The largest absolute Gasteiger partial charge is 0.394 e. The van der Waals surface area contributed by atoms with Crippen LogP contribution in [0.3, 0.4) is 0 Å². The number of nitro groups is 1. The summed E-state index contributed by atoms with van der Waals surface area (Å²) < 4.78 is 0. The summed E-state index contributed by atoms with van der Waals surface area (Å²) in [6.45, 7) is 3.30. The summed E-state index contributed by atoms with van der Waals surface area (Å²) in [5.41, 5.74) is 0.774. The van der Waals surface area contributed by atoms with E-state index in [2.05, 4.69) is 5.32 Å². The van der Waals surface area contributed by atoms with E-state index in [0.29, 0.717) is 17.5 Å². The third kappa shape index (κ3) is 3.27. The Hall–Kier alpha value is -1.95. The van der Waals surface area contributed by atoms with Crippen LogP contribution in [-0.4, -0.2) is 28.6 Å². The molecule has 0 aliphatic carbocycles. The van der Waals surface area contributed by atoms with Gasteiger partial charge in [-0.3, -0.25) is 14.9 Å². The Labute approximate surface area is 105 Å². The molecule has 0 fully saturated rings. The standard InChI is InChI=1S/C12H16N2O4/c1-3-10(7-15)13-12(16)9-4-5-11(14(17)18)8(2)6-9/h4-6,10,15H,3,7H2,1-2H3,(H,13,16)/t10-/m1/s1. The fraction of sp³-hybridized carbons (Fsp3) is 0.417. The van der Waals surface area contributed by atoms with E-state index >= 15 is 0 Å². The van der Waals surface area contributed by atoms with Crippen LogP contribution in [0.2, 0.25) is 0 Å². The number of rotatable bonds is 5. The number of nitro benzene ring substituents is 1. The molecule has 1 rings (SSSR count). The number of hydrogen-bond donors (Lipinski definition) is 2. The maximum atomic E-state index is 11.8. The van der Waals surface area contributed by atoms with Crippen molar-refractivity contribution in [3.05, 3.63) is 39.4 Å². The number of aliphatic hydroxyl groups is 1. The number of carbonyl (C=O) groups is 1. The van der Waals surface area contributed by atoms with Gasteiger partial charge in [-0.15, -0.1) is 0 Å². The number of amides is 1. The van der Waals surface area contributed by atoms with Gasteiger partial charge in [0.1, 0.15) is 0 Å². The van der Waals surface area contributed by atoms with Gasteiger partial charge in [0.05, 0.1) is 17.6 Å². The minimum atomic E-state index is -0.487. The molecule has 2 N–H and O–H groups in total. The van der Waals surface area contributed by atoms with E-state index in [1.807, 2.05) is 6.92 Å². The summed E-state index contributed by atoms with van der Waals surface area (Å²) in [4.78, 5) is 22.0. The molecule has 0 radical (unpaired) electrons. The van der Waals surface area contributed by atoms with E-state index in [4.69, 9.17) is 5.11 Å². The van der Waals surface area contributed by atoms with Crippen molar-refractivity contribution >= 4 is 11.6 Å². The van der Waals surface area contributed by atoms with Crippen LogP contribution in [0.4, 0.5) is 5.69 Å². The summed E-state index contributed by atoms with van der Waals surface area (Å²) in [5, 5.41) is 22.3. The lowest BCUT2D eigenvalue weighted by molar-refractivity contribution is -0.385. The van der Waals surface area contributed by atoms with Crippen LogP contribution in [0.5, 0.6) is 0 Å². The van der Waals surface area contributed by atoms with Crippen LogP contribution in [0, 0.1) is 17.0 Å². The van der Waals surface area contributed by atoms with Gasteiger partial charge in [0.25, 0.3) is 11.6 Å². The lowest BCUT2D eigenvalue weighted by atomic mass is 10.1. The minimum absolute atomic E-state index is 0.0132. The van der Waals surface area contributed by atoms with E-state index < -0.39 is 4.92 Å². The van der Waals surface area contributed by atoms with Gasteiger partial charge in [-0.2, -0.15) is 0 Å². The molecule has 6 nitrogen and oxygen atoms in total. The zero-order valence-electron chi connectivity index (χ0n) is 10.3. The van der Waals surface area contributed by atoms with Gasteiger partial charge in [-0.1, -0.05) is 6.92 Å². The van der Waals surface area contributed by atoms with E-state index in [9.17, 15) is 14.9 Å². The van der Waals surface area contributed by atoms with Gasteiger partial charge in [0.15, 0.2) is 0 Å². The molecule has 1 aromatic carbocycles. The molecule has 1 amide bonds. The summed E-state index contributed by atoms with van der Waals surface area (Å²) in [5.74, 6) is -0.339. The van der Waals surface area contributed by atoms with Crippen LogP contribution in [0.15, 0.2) is 18.2 Å². The SMILES string of the molecule is CC[C@H](CO)NC(=O)c1ccc([N+](=O)[O-])c(C)c1. The third-order valence-electron chi connectivity index (χ3n) is 2.70. The lowest BCUT2D eigenvalue weighted by Gasteiger charge is -2.14. The summed E-state index contributed by atoms with van der Waals surface area (Å²) in [6, 6.07) is 3.89. The monoisotopic (exact) mass is 252 g/mol. The number of hydrogen-bond acceptors (Lipinski definition) is 4. The Morgan fingerprint density at radius 2 is 2.22 bits per heavy atom. The fourth-order valence-corrected chi connectivity index (χ4v) is 1.55.